The van der Waals surface area contributed by atoms with Gasteiger partial charge in [0.05, 0.1) is 26.9 Å². The molecular formula is C19H22N4O3. The van der Waals surface area contributed by atoms with E-state index in [1.54, 1.807) is 14.2 Å². The molecule has 0 amide bonds. The minimum Gasteiger partial charge on any atom is -0.497 e. The summed E-state index contributed by atoms with van der Waals surface area (Å²) in [6.07, 6.45) is 0. The van der Waals surface area contributed by atoms with Gasteiger partial charge in [0.1, 0.15) is 11.6 Å². The lowest BCUT2D eigenvalue weighted by molar-refractivity contribution is 0.310. The van der Waals surface area contributed by atoms with E-state index in [9.17, 15) is 0 Å². The second-order valence-electron chi connectivity index (χ2n) is 5.60. The second-order valence-corrected chi connectivity index (χ2v) is 5.60. The number of benzene rings is 2. The largest absolute Gasteiger partial charge is 0.497 e. The highest BCUT2D eigenvalue weighted by atomic mass is 16.5. The highest BCUT2D eigenvalue weighted by Crippen LogP contribution is 2.31. The Balaban J connectivity index is 1.88. The Kier molecular flexibility index (Phi) is 5.38. The first-order valence-electron chi connectivity index (χ1n) is 8.29. The Hall–Kier alpha value is -3.06. The van der Waals surface area contributed by atoms with E-state index < -0.39 is 6.04 Å². The van der Waals surface area contributed by atoms with Crippen molar-refractivity contribution >= 4 is 0 Å². The van der Waals surface area contributed by atoms with Gasteiger partial charge in [-0.15, -0.1) is 0 Å². The zero-order chi connectivity index (χ0) is 18.5. The lowest BCUT2D eigenvalue weighted by Crippen LogP contribution is -2.14. The molecule has 3 rings (SSSR count). The number of hydrogen-bond donors (Lipinski definition) is 2. The van der Waals surface area contributed by atoms with Crippen LogP contribution < -0.4 is 19.9 Å². The summed E-state index contributed by atoms with van der Waals surface area (Å²) in [7, 11) is 3.23. The van der Waals surface area contributed by atoms with Gasteiger partial charge in [-0.05, 0) is 36.8 Å². The van der Waals surface area contributed by atoms with E-state index in [0.29, 0.717) is 29.8 Å². The molecule has 26 heavy (non-hydrogen) atoms. The first-order chi connectivity index (χ1) is 12.7. The second kappa shape index (κ2) is 7.88. The van der Waals surface area contributed by atoms with Crippen molar-refractivity contribution in [1.82, 2.24) is 15.2 Å². The van der Waals surface area contributed by atoms with Crippen molar-refractivity contribution in [3.63, 3.8) is 0 Å². The molecule has 136 valence electrons. The molecule has 1 aromatic heterocycles. The van der Waals surface area contributed by atoms with Crippen LogP contribution in [-0.2, 0) is 0 Å². The Morgan fingerprint density at radius 2 is 1.92 bits per heavy atom. The number of nitrogens with zero attached hydrogens (tertiary/aromatic N) is 2. The Morgan fingerprint density at radius 3 is 2.65 bits per heavy atom. The predicted octanol–water partition coefficient (Wildman–Crippen LogP) is 2.94. The quantitative estimate of drug-likeness (QED) is 0.677. The third-order valence-corrected chi connectivity index (χ3v) is 3.97. The number of methoxy groups -OCH3 is 2. The van der Waals surface area contributed by atoms with Gasteiger partial charge in [0.15, 0.2) is 17.3 Å². The van der Waals surface area contributed by atoms with Crippen molar-refractivity contribution in [1.29, 1.82) is 0 Å². The molecule has 2 aromatic carbocycles. The minimum atomic E-state index is -0.466. The van der Waals surface area contributed by atoms with Crippen LogP contribution in [0.25, 0.3) is 11.4 Å². The van der Waals surface area contributed by atoms with E-state index in [4.69, 9.17) is 19.9 Å². The SMILES string of the molecule is CCOc1cc([C@H](N)c2nc(-c3cccc(OC)c3)n[nH]2)ccc1OC. The summed E-state index contributed by atoms with van der Waals surface area (Å²) < 4.78 is 16.2. The van der Waals surface area contributed by atoms with Gasteiger partial charge in [-0.1, -0.05) is 18.2 Å². The van der Waals surface area contributed by atoms with Crippen molar-refractivity contribution in [2.75, 3.05) is 20.8 Å². The minimum absolute atomic E-state index is 0.466. The molecule has 0 aliphatic heterocycles. The smallest absolute Gasteiger partial charge is 0.181 e. The normalized spacial score (nSPS) is 11.8. The molecule has 0 aliphatic rings. The lowest BCUT2D eigenvalue weighted by Gasteiger charge is -2.14. The fourth-order valence-electron chi connectivity index (χ4n) is 2.62. The molecule has 0 unspecified atom stereocenters. The molecule has 0 saturated heterocycles. The number of aromatic nitrogens is 3. The number of nitrogens with two attached hydrogens (primary N) is 1. The molecule has 7 nitrogen and oxygen atoms in total. The maximum Gasteiger partial charge on any atom is 0.181 e. The molecular weight excluding hydrogens is 332 g/mol. The maximum atomic E-state index is 6.37. The summed E-state index contributed by atoms with van der Waals surface area (Å²) in [5.41, 5.74) is 8.07. The molecule has 7 heteroatoms. The third-order valence-electron chi connectivity index (χ3n) is 3.97. The van der Waals surface area contributed by atoms with Crippen LogP contribution in [0.15, 0.2) is 42.5 Å². The van der Waals surface area contributed by atoms with Gasteiger partial charge in [0.25, 0.3) is 0 Å². The summed E-state index contributed by atoms with van der Waals surface area (Å²) in [5.74, 6) is 3.19. The highest BCUT2D eigenvalue weighted by Gasteiger charge is 2.17. The van der Waals surface area contributed by atoms with Crippen LogP contribution in [0.2, 0.25) is 0 Å². The topological polar surface area (TPSA) is 95.3 Å². The van der Waals surface area contributed by atoms with Gasteiger partial charge in [-0.2, -0.15) is 5.10 Å². The molecule has 0 spiro atoms. The standard InChI is InChI=1S/C19H22N4O3/c1-4-26-16-11-12(8-9-15(16)25-3)17(20)19-21-18(22-23-19)13-6-5-7-14(10-13)24-2/h5-11,17H,4,20H2,1-3H3,(H,21,22,23)/t17-/m0/s1. The first-order valence-corrected chi connectivity index (χ1v) is 8.29. The fourth-order valence-corrected chi connectivity index (χ4v) is 2.62. The van der Waals surface area contributed by atoms with Gasteiger partial charge < -0.3 is 19.9 Å². The summed E-state index contributed by atoms with van der Waals surface area (Å²) >= 11 is 0. The molecule has 3 N–H and O–H groups in total. The Bertz CT molecular complexity index is 879. The first kappa shape index (κ1) is 17.8. The van der Waals surface area contributed by atoms with Gasteiger partial charge in [-0.3, -0.25) is 5.10 Å². The maximum absolute atomic E-state index is 6.37. The average Bonchev–Trinajstić information content (AvgIpc) is 3.18. The van der Waals surface area contributed by atoms with Crippen molar-refractivity contribution < 1.29 is 14.2 Å². The Morgan fingerprint density at radius 1 is 1.08 bits per heavy atom. The van der Waals surface area contributed by atoms with Gasteiger partial charge >= 0.3 is 0 Å². The van der Waals surface area contributed by atoms with Gasteiger partial charge in [-0.25, -0.2) is 4.98 Å². The van der Waals surface area contributed by atoms with E-state index >= 15 is 0 Å². The van der Waals surface area contributed by atoms with Crippen LogP contribution in [0.5, 0.6) is 17.2 Å². The number of ether oxygens (including phenoxy) is 3. The average molecular weight is 354 g/mol. The zero-order valence-corrected chi connectivity index (χ0v) is 15.0. The molecule has 0 saturated carbocycles. The summed E-state index contributed by atoms with van der Waals surface area (Å²) in [6, 6.07) is 12.7. The van der Waals surface area contributed by atoms with Crippen LogP contribution in [0.1, 0.15) is 24.4 Å². The van der Waals surface area contributed by atoms with Crippen LogP contribution in [0.3, 0.4) is 0 Å². The summed E-state index contributed by atoms with van der Waals surface area (Å²) in [5, 5.41) is 7.19. The van der Waals surface area contributed by atoms with E-state index in [1.165, 1.54) is 0 Å². The molecule has 0 radical (unpaired) electrons. The van der Waals surface area contributed by atoms with E-state index in [1.807, 2.05) is 49.4 Å². The number of H-pyrrole nitrogens is 1. The zero-order valence-electron chi connectivity index (χ0n) is 15.0. The van der Waals surface area contributed by atoms with Crippen molar-refractivity contribution in [2.24, 2.45) is 5.73 Å². The van der Waals surface area contributed by atoms with E-state index in [2.05, 4.69) is 15.2 Å². The van der Waals surface area contributed by atoms with Crippen LogP contribution in [0, 0.1) is 0 Å². The molecule has 0 fully saturated rings. The molecule has 1 atom stereocenters. The number of nitrogens with one attached hydrogen (secondary N) is 1. The van der Waals surface area contributed by atoms with Crippen LogP contribution in [0.4, 0.5) is 0 Å². The summed E-state index contributed by atoms with van der Waals surface area (Å²) in [6.45, 7) is 2.46. The molecule has 0 aliphatic carbocycles. The van der Waals surface area contributed by atoms with Crippen molar-refractivity contribution in [2.45, 2.75) is 13.0 Å². The lowest BCUT2D eigenvalue weighted by atomic mass is 10.1. The molecule has 0 bridgehead atoms. The van der Waals surface area contributed by atoms with Crippen molar-refractivity contribution in [3.8, 4) is 28.6 Å². The number of hydrogen-bond acceptors (Lipinski definition) is 6. The predicted molar refractivity (Wildman–Crippen MR) is 98.6 cm³/mol. The summed E-state index contributed by atoms with van der Waals surface area (Å²) in [4.78, 5) is 4.53. The highest BCUT2D eigenvalue weighted by molar-refractivity contribution is 5.57. The van der Waals surface area contributed by atoms with Crippen LogP contribution in [-0.4, -0.2) is 36.0 Å². The van der Waals surface area contributed by atoms with Gasteiger partial charge in [0, 0.05) is 5.56 Å². The fraction of sp³-hybridized carbons (Fsp3) is 0.263. The number of aromatic amines is 1. The monoisotopic (exact) mass is 354 g/mol. The third kappa shape index (κ3) is 3.62. The van der Waals surface area contributed by atoms with E-state index in [-0.39, 0.29) is 0 Å². The van der Waals surface area contributed by atoms with Crippen molar-refractivity contribution in [3.05, 3.63) is 53.9 Å². The number of rotatable bonds is 7. The van der Waals surface area contributed by atoms with E-state index in [0.717, 1.165) is 16.9 Å². The Labute approximate surface area is 152 Å². The molecule has 3 aromatic rings. The van der Waals surface area contributed by atoms with Gasteiger partial charge in [0.2, 0.25) is 0 Å². The molecule has 1 heterocycles. The van der Waals surface area contributed by atoms with Crippen LogP contribution >= 0.6 is 0 Å².